The van der Waals surface area contributed by atoms with E-state index in [9.17, 15) is 61.0 Å². The van der Waals surface area contributed by atoms with Crippen LogP contribution in [0, 0.1) is 0 Å². The molecule has 586 valence electrons. The maximum absolute atomic E-state index is 13.5. The summed E-state index contributed by atoms with van der Waals surface area (Å²) in [5.74, 6) is -0.283. The second-order valence-corrected chi connectivity index (χ2v) is 28.5. The van der Waals surface area contributed by atoms with Crippen molar-refractivity contribution >= 4 is 5.91 Å². The predicted molar refractivity (Wildman–Crippen MR) is 401 cm³/mol. The Morgan fingerprint density at radius 1 is 0.366 bits per heavy atom. The van der Waals surface area contributed by atoms with E-state index in [-0.39, 0.29) is 18.9 Å². The number of aliphatic hydroxyl groups is 11. The first-order chi connectivity index (χ1) is 49.3. The number of rotatable bonds is 63. The van der Waals surface area contributed by atoms with Crippen LogP contribution >= 0.6 is 0 Å². The van der Waals surface area contributed by atoms with Crippen LogP contribution in [0.25, 0.3) is 0 Å². The Morgan fingerprint density at radius 2 is 0.693 bits per heavy atom. The highest BCUT2D eigenvalue weighted by molar-refractivity contribution is 5.76. The van der Waals surface area contributed by atoms with Gasteiger partial charge in [-0.1, -0.05) is 298 Å². The van der Waals surface area contributed by atoms with E-state index < -0.39 is 124 Å². The fourth-order valence-corrected chi connectivity index (χ4v) is 13.2. The number of hydrogen-bond donors (Lipinski definition) is 12. The molecular formula is C82H145NO18. The average Bonchev–Trinajstić information content (AvgIpc) is 0.782. The van der Waals surface area contributed by atoms with Crippen molar-refractivity contribution in [2.45, 2.75) is 401 Å². The maximum Gasteiger partial charge on any atom is 0.220 e. The van der Waals surface area contributed by atoms with E-state index in [1.54, 1.807) is 6.08 Å². The predicted octanol–water partition coefficient (Wildman–Crippen LogP) is 13.4. The molecule has 12 N–H and O–H groups in total. The number of hydrogen-bond acceptors (Lipinski definition) is 18. The maximum atomic E-state index is 13.5. The lowest BCUT2D eigenvalue weighted by Crippen LogP contribution is -2.66. The summed E-state index contributed by atoms with van der Waals surface area (Å²) < 4.78 is 34.4. The van der Waals surface area contributed by atoms with E-state index in [2.05, 4.69) is 92.1 Å². The van der Waals surface area contributed by atoms with Crippen molar-refractivity contribution in [3.8, 4) is 0 Å². The van der Waals surface area contributed by atoms with Gasteiger partial charge in [-0.3, -0.25) is 4.79 Å². The van der Waals surface area contributed by atoms with E-state index >= 15 is 0 Å². The molecule has 17 atom stereocenters. The Kier molecular flexibility index (Phi) is 56.6. The first-order valence-corrected chi connectivity index (χ1v) is 40.3. The van der Waals surface area contributed by atoms with Crippen LogP contribution in [-0.2, 0) is 33.2 Å². The summed E-state index contributed by atoms with van der Waals surface area (Å²) in [6, 6.07) is -0.994. The van der Waals surface area contributed by atoms with Crippen molar-refractivity contribution in [2.24, 2.45) is 0 Å². The zero-order valence-electron chi connectivity index (χ0n) is 62.6. The summed E-state index contributed by atoms with van der Waals surface area (Å²) in [5, 5.41) is 121. The molecule has 101 heavy (non-hydrogen) atoms. The van der Waals surface area contributed by atoms with Gasteiger partial charge in [0.2, 0.25) is 5.91 Å². The molecule has 0 spiro atoms. The van der Waals surface area contributed by atoms with Crippen LogP contribution in [0.15, 0.2) is 85.1 Å². The third kappa shape index (κ3) is 42.2. The molecule has 3 aliphatic heterocycles. The van der Waals surface area contributed by atoms with Crippen molar-refractivity contribution in [3.63, 3.8) is 0 Å². The fourth-order valence-electron chi connectivity index (χ4n) is 13.2. The molecule has 0 radical (unpaired) electrons. The third-order valence-electron chi connectivity index (χ3n) is 19.7. The van der Waals surface area contributed by atoms with Gasteiger partial charge >= 0.3 is 0 Å². The molecule has 0 saturated carbocycles. The van der Waals surface area contributed by atoms with E-state index in [0.717, 1.165) is 70.6 Å². The molecule has 3 rings (SSSR count). The van der Waals surface area contributed by atoms with Crippen LogP contribution < -0.4 is 5.32 Å². The number of nitrogens with one attached hydrogen (secondary N) is 1. The molecule has 0 aromatic rings. The molecule has 0 bridgehead atoms. The SMILES string of the molecule is CC/C=C\C/C=C\C/C=C\C/C=C\C/C=C\CCCCCCCCCCCCCCCCCCCCCC(=O)NC(COC1OC(CO)C(OC2OC(CO)C(OC3OC(CO)C(O)C(O)C3O)C(O)C2O)C(O)C1O)C(O)/C=C/CC/C=C/CCCCCCCCCCCCCCCCC. The highest BCUT2D eigenvalue weighted by Crippen LogP contribution is 2.33. The molecule has 19 heteroatoms. The Morgan fingerprint density at radius 3 is 1.11 bits per heavy atom. The van der Waals surface area contributed by atoms with E-state index in [4.69, 9.17) is 28.4 Å². The summed E-state index contributed by atoms with van der Waals surface area (Å²) in [6.45, 7) is 1.63. The Bertz CT molecular complexity index is 2150. The number of ether oxygens (including phenoxy) is 6. The van der Waals surface area contributed by atoms with Gasteiger partial charge in [0, 0.05) is 6.42 Å². The van der Waals surface area contributed by atoms with Crippen LogP contribution in [0.2, 0.25) is 0 Å². The number of allylic oxidation sites excluding steroid dienone is 13. The average molecular weight is 1430 g/mol. The zero-order valence-corrected chi connectivity index (χ0v) is 62.6. The molecule has 3 fully saturated rings. The van der Waals surface area contributed by atoms with Crippen LogP contribution in [0.3, 0.4) is 0 Å². The van der Waals surface area contributed by atoms with Crippen molar-refractivity contribution in [1.29, 1.82) is 0 Å². The number of amides is 1. The van der Waals surface area contributed by atoms with Gasteiger partial charge < -0.3 is 89.9 Å². The number of carbonyl (C=O) groups excluding carboxylic acids is 1. The van der Waals surface area contributed by atoms with Crippen molar-refractivity contribution < 1.29 is 89.4 Å². The quantitative estimate of drug-likeness (QED) is 0.0199. The molecule has 17 unspecified atom stereocenters. The monoisotopic (exact) mass is 1430 g/mol. The first kappa shape index (κ1) is 92.2. The van der Waals surface area contributed by atoms with Gasteiger partial charge in [-0.25, -0.2) is 0 Å². The first-order valence-electron chi connectivity index (χ1n) is 40.3. The summed E-state index contributed by atoms with van der Waals surface area (Å²) in [5.41, 5.74) is 0. The van der Waals surface area contributed by atoms with Crippen molar-refractivity contribution in [3.05, 3.63) is 85.1 Å². The number of unbranched alkanes of at least 4 members (excludes halogenated alkanes) is 35. The molecule has 3 heterocycles. The molecule has 0 aliphatic carbocycles. The zero-order chi connectivity index (χ0) is 73.2. The standard InChI is InChI=1S/C82H145NO18/c1-3-5-7-9-11-13-15-17-19-21-23-25-26-27-28-29-30-31-32-33-34-35-36-37-38-40-42-44-46-48-50-52-54-56-58-60-70(88)83-65(66(87)59-57-55-53-51-49-47-45-43-41-39-24-22-20-18-16-14-12-10-8-6-4-2)64-96-80-76(94)73(91)78(68(62-85)98-80)101-82-77(95)74(92)79(69(63-86)99-82)100-81-75(93)72(90)71(89)67(61-84)97-81/h5,7,11,13,17,19,23,25,27-28,49,51,57,59,65-69,71-82,84-87,89-95H,3-4,6,8-10,12,14-16,18,20-22,24,26,29-48,50,52-56,58,60-64H2,1-2H3,(H,83,88)/b7-5-,13-11-,19-17-,25-23-,28-27-,51-49+,59-57+. The normalized spacial score (nSPS) is 26.8. The second kappa shape index (κ2) is 62.1. The van der Waals surface area contributed by atoms with Crippen molar-refractivity contribution in [1.82, 2.24) is 5.32 Å². The summed E-state index contributed by atoms with van der Waals surface area (Å²) in [4.78, 5) is 13.5. The van der Waals surface area contributed by atoms with Crippen LogP contribution in [0.5, 0.6) is 0 Å². The van der Waals surface area contributed by atoms with Gasteiger partial charge in [0.15, 0.2) is 18.9 Å². The highest BCUT2D eigenvalue weighted by atomic mass is 16.8. The molecule has 1 amide bonds. The molecule has 0 aromatic carbocycles. The second-order valence-electron chi connectivity index (χ2n) is 28.5. The van der Waals surface area contributed by atoms with Gasteiger partial charge in [0.1, 0.15) is 73.2 Å². The lowest BCUT2D eigenvalue weighted by Gasteiger charge is -2.48. The van der Waals surface area contributed by atoms with Gasteiger partial charge in [-0.2, -0.15) is 0 Å². The fraction of sp³-hybridized carbons (Fsp3) is 0.817. The topological polar surface area (TPSA) is 307 Å². The highest BCUT2D eigenvalue weighted by Gasteiger charge is 2.54. The summed E-state index contributed by atoms with van der Waals surface area (Å²) in [7, 11) is 0. The van der Waals surface area contributed by atoms with Crippen LogP contribution in [0.4, 0.5) is 0 Å². The van der Waals surface area contributed by atoms with E-state index in [1.807, 2.05) is 6.08 Å². The smallest absolute Gasteiger partial charge is 0.220 e. The Hall–Kier alpha value is -3.03. The Balaban J connectivity index is 1.35. The summed E-state index contributed by atoms with van der Waals surface area (Å²) in [6.07, 6.45) is 55.7. The minimum atomic E-state index is -1.98. The van der Waals surface area contributed by atoms with Crippen LogP contribution in [0.1, 0.15) is 296 Å². The van der Waals surface area contributed by atoms with Gasteiger partial charge in [0.25, 0.3) is 0 Å². The minimum absolute atomic E-state index is 0.235. The molecular weight excluding hydrogens is 1290 g/mol. The Labute approximate surface area is 610 Å². The summed E-state index contributed by atoms with van der Waals surface area (Å²) >= 11 is 0. The largest absolute Gasteiger partial charge is 0.394 e. The van der Waals surface area contributed by atoms with Crippen molar-refractivity contribution in [2.75, 3.05) is 26.4 Å². The van der Waals surface area contributed by atoms with Gasteiger partial charge in [-0.05, 0) is 77.0 Å². The molecule has 3 saturated heterocycles. The lowest BCUT2D eigenvalue weighted by molar-refractivity contribution is -0.379. The third-order valence-corrected chi connectivity index (χ3v) is 19.7. The van der Waals surface area contributed by atoms with E-state index in [1.165, 1.54) is 193 Å². The number of aliphatic hydroxyl groups excluding tert-OH is 11. The van der Waals surface area contributed by atoms with Crippen LogP contribution in [-0.4, -0.2) is 193 Å². The molecule has 3 aliphatic rings. The number of carbonyl (C=O) groups is 1. The minimum Gasteiger partial charge on any atom is -0.394 e. The molecule has 0 aromatic heterocycles. The molecule has 19 nitrogen and oxygen atoms in total. The van der Waals surface area contributed by atoms with Gasteiger partial charge in [-0.15, -0.1) is 0 Å². The van der Waals surface area contributed by atoms with Gasteiger partial charge in [0.05, 0.1) is 38.6 Å². The lowest BCUT2D eigenvalue weighted by atomic mass is 9.96. The van der Waals surface area contributed by atoms with E-state index in [0.29, 0.717) is 12.8 Å².